The second-order valence-electron chi connectivity index (χ2n) is 4.30. The molecule has 1 aliphatic carbocycles. The van der Waals surface area contributed by atoms with Crippen LogP contribution < -0.4 is 10.2 Å². The molecule has 8 nitrogen and oxygen atoms in total. The number of aromatic nitrogens is 2. The summed E-state index contributed by atoms with van der Waals surface area (Å²) < 4.78 is 4.49. The molecule has 1 N–H and O–H groups in total. The van der Waals surface area contributed by atoms with Gasteiger partial charge in [-0.1, -0.05) is 24.3 Å². The normalized spacial score (nSPS) is 20.4. The zero-order chi connectivity index (χ0) is 14.1. The summed E-state index contributed by atoms with van der Waals surface area (Å²) in [6, 6.07) is 7.53. The van der Waals surface area contributed by atoms with E-state index in [1.54, 1.807) is 6.08 Å². The van der Waals surface area contributed by atoms with Crippen molar-refractivity contribution in [3.05, 3.63) is 69.2 Å². The maximum absolute atomic E-state index is 11.6. The number of nitrogens with one attached hydrogen (secondary N) is 1. The summed E-state index contributed by atoms with van der Waals surface area (Å²) in [5, 5.41) is 29.1. The summed E-state index contributed by atoms with van der Waals surface area (Å²) in [5.41, 5.74) is 0.924. The Bertz CT molecular complexity index is 667. The molecule has 0 spiro atoms. The van der Waals surface area contributed by atoms with Crippen LogP contribution in [0, 0.1) is 15.3 Å². The first-order valence-corrected chi connectivity index (χ1v) is 5.89. The van der Waals surface area contributed by atoms with Gasteiger partial charge in [0.15, 0.2) is 0 Å². The third-order valence-corrected chi connectivity index (χ3v) is 3.06. The molecule has 1 heterocycles. The lowest BCUT2D eigenvalue weighted by molar-refractivity contribution is -0.808. The standard InChI is InChI=1S/C12H10N4O4/c17-15(18)10-7-6-9(12-11(10)14-20-16(12)19)13-8-4-2-1-3-5-8/h1-7,9-10,13H. The molecule has 0 bridgehead atoms. The number of hydrogen-bond donors (Lipinski definition) is 1. The molecule has 0 aliphatic heterocycles. The van der Waals surface area contributed by atoms with Crippen LogP contribution >= 0.6 is 0 Å². The summed E-state index contributed by atoms with van der Waals surface area (Å²) in [6.07, 6.45) is 2.96. The molecule has 1 aromatic carbocycles. The van der Waals surface area contributed by atoms with E-state index >= 15 is 0 Å². The topological polar surface area (TPSA) is 108 Å². The molecule has 0 amide bonds. The smallest absolute Gasteiger partial charge is 0.302 e. The minimum Gasteiger partial charge on any atom is -0.371 e. The van der Waals surface area contributed by atoms with Crippen molar-refractivity contribution in [2.24, 2.45) is 0 Å². The van der Waals surface area contributed by atoms with Crippen LogP contribution in [-0.2, 0) is 0 Å². The van der Waals surface area contributed by atoms with Crippen molar-refractivity contribution in [3.63, 3.8) is 0 Å². The van der Waals surface area contributed by atoms with Crippen LogP contribution in [-0.4, -0.2) is 10.1 Å². The minimum atomic E-state index is -1.15. The predicted molar refractivity (Wildman–Crippen MR) is 67.1 cm³/mol. The number of para-hydroxylation sites is 1. The monoisotopic (exact) mass is 274 g/mol. The van der Waals surface area contributed by atoms with Crippen molar-refractivity contribution in [1.82, 2.24) is 5.16 Å². The second kappa shape index (κ2) is 4.65. The third-order valence-electron chi connectivity index (χ3n) is 3.06. The van der Waals surface area contributed by atoms with Crippen molar-refractivity contribution in [1.29, 1.82) is 0 Å². The molecule has 8 heteroatoms. The Hall–Kier alpha value is -2.90. The predicted octanol–water partition coefficient (Wildman–Crippen LogP) is 1.35. The molecule has 0 saturated heterocycles. The first-order chi connectivity index (χ1) is 9.66. The highest BCUT2D eigenvalue weighted by atomic mass is 16.8. The Labute approximate surface area is 113 Å². The quantitative estimate of drug-likeness (QED) is 0.391. The zero-order valence-electron chi connectivity index (χ0n) is 10.2. The summed E-state index contributed by atoms with van der Waals surface area (Å²) in [6.45, 7) is 0. The fourth-order valence-corrected chi connectivity index (χ4v) is 2.14. The lowest BCUT2D eigenvalue weighted by Gasteiger charge is -2.17. The molecule has 102 valence electrons. The Morgan fingerprint density at radius 1 is 1.30 bits per heavy atom. The molecular formula is C12H10N4O4. The van der Waals surface area contributed by atoms with Gasteiger partial charge in [-0.3, -0.25) is 14.7 Å². The molecule has 20 heavy (non-hydrogen) atoms. The number of anilines is 1. The van der Waals surface area contributed by atoms with E-state index in [1.807, 2.05) is 30.3 Å². The maximum Gasteiger partial charge on any atom is 0.302 e. The van der Waals surface area contributed by atoms with E-state index in [0.29, 0.717) is 0 Å². The van der Waals surface area contributed by atoms with Gasteiger partial charge in [-0.25, -0.2) is 0 Å². The number of nitrogens with zero attached hydrogens (tertiary/aromatic N) is 3. The number of benzene rings is 1. The van der Waals surface area contributed by atoms with Crippen molar-refractivity contribution in [2.45, 2.75) is 12.1 Å². The van der Waals surface area contributed by atoms with Crippen molar-refractivity contribution in [2.75, 3.05) is 5.32 Å². The van der Waals surface area contributed by atoms with Gasteiger partial charge < -0.3 is 10.5 Å². The Morgan fingerprint density at radius 3 is 2.75 bits per heavy atom. The Kier molecular flexibility index (Phi) is 2.82. The van der Waals surface area contributed by atoms with Crippen LogP contribution in [0.15, 0.2) is 47.1 Å². The summed E-state index contributed by atoms with van der Waals surface area (Å²) in [4.78, 5) is 10.6. The summed E-state index contributed by atoms with van der Waals surface area (Å²) >= 11 is 0. The SMILES string of the molecule is O=[N+]([O-])C1C=CC(Nc2ccccc2)c2c1no[n+]2[O-]. The maximum atomic E-state index is 11.6. The number of fused-ring (bicyclic) bond motifs is 1. The molecule has 2 unspecified atom stereocenters. The van der Waals surface area contributed by atoms with Crippen molar-refractivity contribution >= 4 is 5.69 Å². The van der Waals surface area contributed by atoms with E-state index in [9.17, 15) is 15.3 Å². The van der Waals surface area contributed by atoms with E-state index in [2.05, 4.69) is 15.1 Å². The van der Waals surface area contributed by atoms with Gasteiger partial charge in [0.25, 0.3) is 0 Å². The van der Waals surface area contributed by atoms with Gasteiger partial charge >= 0.3 is 11.7 Å². The largest absolute Gasteiger partial charge is 0.371 e. The molecule has 0 saturated carbocycles. The molecular weight excluding hydrogens is 264 g/mol. The fraction of sp³-hybridized carbons (Fsp3) is 0.167. The fourth-order valence-electron chi connectivity index (χ4n) is 2.14. The molecule has 2 atom stereocenters. The third kappa shape index (κ3) is 1.96. The average molecular weight is 274 g/mol. The van der Waals surface area contributed by atoms with Gasteiger partial charge in [-0.2, -0.15) is 0 Å². The molecule has 0 fully saturated rings. The number of rotatable bonds is 3. The highest BCUT2D eigenvalue weighted by Gasteiger charge is 2.41. The highest BCUT2D eigenvalue weighted by molar-refractivity contribution is 5.46. The Morgan fingerprint density at radius 2 is 2.05 bits per heavy atom. The van der Waals surface area contributed by atoms with E-state index in [4.69, 9.17) is 0 Å². The summed E-state index contributed by atoms with van der Waals surface area (Å²) in [7, 11) is 0. The highest BCUT2D eigenvalue weighted by Crippen LogP contribution is 2.31. The first kappa shape index (κ1) is 12.2. The Balaban J connectivity index is 1.96. The van der Waals surface area contributed by atoms with Gasteiger partial charge in [-0.05, 0) is 23.1 Å². The lowest BCUT2D eigenvalue weighted by atomic mass is 9.99. The number of hydrogen-bond acceptors (Lipinski definition) is 6. The van der Waals surface area contributed by atoms with Gasteiger partial charge in [0.05, 0.1) is 0 Å². The van der Waals surface area contributed by atoms with Gasteiger partial charge in [0, 0.05) is 15.8 Å². The van der Waals surface area contributed by atoms with Crippen LogP contribution in [0.25, 0.3) is 0 Å². The van der Waals surface area contributed by atoms with Crippen LogP contribution in [0.2, 0.25) is 0 Å². The van der Waals surface area contributed by atoms with Gasteiger partial charge in [-0.15, -0.1) is 0 Å². The van der Waals surface area contributed by atoms with Crippen LogP contribution in [0.4, 0.5) is 5.69 Å². The summed E-state index contributed by atoms with van der Waals surface area (Å²) in [5.74, 6) is 0. The van der Waals surface area contributed by atoms with Crippen LogP contribution in [0.1, 0.15) is 23.5 Å². The average Bonchev–Trinajstić information content (AvgIpc) is 2.83. The van der Waals surface area contributed by atoms with Gasteiger partial charge in [0.1, 0.15) is 6.04 Å². The van der Waals surface area contributed by atoms with Crippen molar-refractivity contribution in [3.8, 4) is 0 Å². The molecule has 0 radical (unpaired) electrons. The van der Waals surface area contributed by atoms with E-state index in [-0.39, 0.29) is 16.3 Å². The molecule has 1 aliphatic rings. The first-order valence-electron chi connectivity index (χ1n) is 5.89. The molecule has 3 rings (SSSR count). The van der Waals surface area contributed by atoms with Crippen LogP contribution in [0.5, 0.6) is 0 Å². The molecule has 2 aromatic rings. The van der Waals surface area contributed by atoms with Gasteiger partial charge in [0.2, 0.25) is 5.69 Å². The van der Waals surface area contributed by atoms with E-state index < -0.39 is 17.0 Å². The number of nitro groups is 1. The van der Waals surface area contributed by atoms with Crippen LogP contribution in [0.3, 0.4) is 0 Å². The molecule has 1 aromatic heterocycles. The van der Waals surface area contributed by atoms with E-state index in [1.165, 1.54) is 6.08 Å². The van der Waals surface area contributed by atoms with E-state index in [0.717, 1.165) is 5.69 Å². The van der Waals surface area contributed by atoms with Crippen molar-refractivity contribution < 1.29 is 14.5 Å². The second-order valence-corrected chi connectivity index (χ2v) is 4.30. The lowest BCUT2D eigenvalue weighted by Crippen LogP contribution is -2.34. The minimum absolute atomic E-state index is 0.0286. The zero-order valence-corrected chi connectivity index (χ0v) is 10.2.